The molecule has 0 aliphatic carbocycles. The molecule has 0 aromatic heterocycles. The summed E-state index contributed by atoms with van der Waals surface area (Å²) in [6.45, 7) is 0.810. The van der Waals surface area contributed by atoms with Crippen molar-refractivity contribution in [1.29, 1.82) is 0 Å². The van der Waals surface area contributed by atoms with Gasteiger partial charge in [-0.25, -0.2) is 4.39 Å². The number of amides is 1. The Labute approximate surface area is 114 Å². The summed E-state index contributed by atoms with van der Waals surface area (Å²) in [5.41, 5.74) is 3.65. The van der Waals surface area contributed by atoms with Crippen molar-refractivity contribution in [3.8, 4) is 0 Å². The van der Waals surface area contributed by atoms with Crippen LogP contribution in [0.2, 0.25) is 0 Å². The van der Waals surface area contributed by atoms with E-state index in [0.717, 1.165) is 12.8 Å². The predicted molar refractivity (Wildman–Crippen MR) is 66.6 cm³/mol. The Hall–Kier alpha value is -1.63. The second-order valence-corrected chi connectivity index (χ2v) is 4.30. The maximum Gasteiger partial charge on any atom is 0.416 e. The highest BCUT2D eigenvalue weighted by atomic mass is 19.4. The van der Waals surface area contributed by atoms with Crippen LogP contribution >= 0.6 is 0 Å². The zero-order valence-corrected chi connectivity index (χ0v) is 10.8. The van der Waals surface area contributed by atoms with Crippen LogP contribution in [0.25, 0.3) is 0 Å². The van der Waals surface area contributed by atoms with Gasteiger partial charge < -0.3 is 11.1 Å². The second-order valence-electron chi connectivity index (χ2n) is 4.30. The van der Waals surface area contributed by atoms with E-state index in [-0.39, 0.29) is 6.54 Å². The van der Waals surface area contributed by atoms with Crippen molar-refractivity contribution in [3.63, 3.8) is 0 Å². The van der Waals surface area contributed by atoms with Gasteiger partial charge in [0.2, 0.25) is 0 Å². The molecule has 0 fully saturated rings. The van der Waals surface area contributed by atoms with Crippen molar-refractivity contribution in [2.45, 2.75) is 25.4 Å². The van der Waals surface area contributed by atoms with E-state index in [1.165, 1.54) is 0 Å². The van der Waals surface area contributed by atoms with E-state index >= 15 is 0 Å². The maximum atomic E-state index is 13.4. The lowest BCUT2D eigenvalue weighted by Crippen LogP contribution is -2.26. The van der Waals surface area contributed by atoms with Crippen molar-refractivity contribution in [2.75, 3.05) is 13.1 Å². The minimum Gasteiger partial charge on any atom is -0.352 e. The van der Waals surface area contributed by atoms with E-state index in [0.29, 0.717) is 31.2 Å². The molecule has 1 amide bonds. The first-order chi connectivity index (χ1) is 9.36. The van der Waals surface area contributed by atoms with Crippen molar-refractivity contribution in [1.82, 2.24) is 5.32 Å². The van der Waals surface area contributed by atoms with E-state index < -0.39 is 29.0 Å². The molecule has 20 heavy (non-hydrogen) atoms. The van der Waals surface area contributed by atoms with Gasteiger partial charge in [0.05, 0.1) is 11.1 Å². The number of hydrogen-bond donors (Lipinski definition) is 2. The number of nitrogens with two attached hydrogens (primary N) is 1. The lowest BCUT2D eigenvalue weighted by molar-refractivity contribution is -0.137. The third kappa shape index (κ3) is 4.80. The van der Waals surface area contributed by atoms with Gasteiger partial charge in [0, 0.05) is 6.54 Å². The highest BCUT2D eigenvalue weighted by Crippen LogP contribution is 2.30. The van der Waals surface area contributed by atoms with Crippen LogP contribution in [0, 0.1) is 5.82 Å². The summed E-state index contributed by atoms with van der Waals surface area (Å²) in [6.07, 6.45) is -2.37. The van der Waals surface area contributed by atoms with Crippen LogP contribution in [0.1, 0.15) is 35.2 Å². The first kappa shape index (κ1) is 16.4. The number of unbranched alkanes of at least 4 members (excludes halogenated alkanes) is 2. The van der Waals surface area contributed by atoms with Crippen LogP contribution in [0.4, 0.5) is 17.6 Å². The average molecular weight is 292 g/mol. The molecule has 1 aromatic carbocycles. The van der Waals surface area contributed by atoms with Crippen molar-refractivity contribution in [2.24, 2.45) is 5.73 Å². The Bertz CT molecular complexity index is 460. The number of alkyl halides is 3. The number of rotatable bonds is 6. The fraction of sp³-hybridized carbons (Fsp3) is 0.462. The smallest absolute Gasteiger partial charge is 0.352 e. The standard InChI is InChI=1S/C13H16F4N2O/c14-11-5-4-9(13(15,16)17)8-10(11)12(20)19-7-3-1-2-6-18/h4-5,8H,1-3,6-7,18H2,(H,19,20). The zero-order valence-electron chi connectivity index (χ0n) is 10.8. The fourth-order valence-corrected chi connectivity index (χ4v) is 1.62. The summed E-state index contributed by atoms with van der Waals surface area (Å²) >= 11 is 0. The molecule has 3 N–H and O–H groups in total. The number of carbonyl (C=O) groups excluding carboxylic acids is 1. The molecular formula is C13H16F4N2O. The van der Waals surface area contributed by atoms with Crippen LogP contribution in [0.3, 0.4) is 0 Å². The molecule has 0 saturated heterocycles. The van der Waals surface area contributed by atoms with Crippen LogP contribution in [-0.2, 0) is 6.18 Å². The molecule has 1 aromatic rings. The second kappa shape index (κ2) is 7.23. The normalized spacial score (nSPS) is 11.4. The Morgan fingerprint density at radius 2 is 1.90 bits per heavy atom. The Balaban J connectivity index is 2.67. The van der Waals surface area contributed by atoms with E-state index in [1.54, 1.807) is 0 Å². The summed E-state index contributed by atoms with van der Waals surface area (Å²) < 4.78 is 50.9. The monoisotopic (exact) mass is 292 g/mol. The van der Waals surface area contributed by atoms with Gasteiger partial charge >= 0.3 is 6.18 Å². The molecular weight excluding hydrogens is 276 g/mol. The third-order valence-electron chi connectivity index (χ3n) is 2.70. The summed E-state index contributed by atoms with van der Waals surface area (Å²) in [5.74, 6) is -1.82. The topological polar surface area (TPSA) is 55.1 Å². The fourth-order valence-electron chi connectivity index (χ4n) is 1.62. The van der Waals surface area contributed by atoms with Gasteiger partial charge in [-0.15, -0.1) is 0 Å². The molecule has 0 heterocycles. The van der Waals surface area contributed by atoms with Crippen LogP contribution < -0.4 is 11.1 Å². The van der Waals surface area contributed by atoms with Gasteiger partial charge in [-0.1, -0.05) is 6.42 Å². The highest BCUT2D eigenvalue weighted by molar-refractivity contribution is 5.94. The molecule has 0 aliphatic rings. The number of nitrogens with one attached hydrogen (secondary N) is 1. The molecule has 0 saturated carbocycles. The first-order valence-electron chi connectivity index (χ1n) is 6.21. The van der Waals surface area contributed by atoms with Gasteiger partial charge in [-0.3, -0.25) is 4.79 Å². The number of halogens is 4. The number of carbonyl (C=O) groups is 1. The molecule has 1 rings (SSSR count). The minimum absolute atomic E-state index is 0.272. The quantitative estimate of drug-likeness (QED) is 0.625. The Kier molecular flexibility index (Phi) is 5.94. The van der Waals surface area contributed by atoms with E-state index in [4.69, 9.17) is 5.73 Å². The summed E-state index contributed by atoms with van der Waals surface area (Å²) in [5, 5.41) is 2.39. The number of hydrogen-bond acceptors (Lipinski definition) is 2. The van der Waals surface area contributed by atoms with E-state index in [1.807, 2.05) is 0 Å². The predicted octanol–water partition coefficient (Wildman–Crippen LogP) is 2.70. The lowest BCUT2D eigenvalue weighted by atomic mass is 10.1. The van der Waals surface area contributed by atoms with Gasteiger partial charge in [0.25, 0.3) is 5.91 Å². The minimum atomic E-state index is -4.61. The third-order valence-corrected chi connectivity index (χ3v) is 2.70. The van der Waals surface area contributed by atoms with Crippen molar-refractivity contribution < 1.29 is 22.4 Å². The molecule has 0 atom stereocenters. The SMILES string of the molecule is NCCCCCNC(=O)c1cc(C(F)(F)F)ccc1F. The maximum absolute atomic E-state index is 13.4. The molecule has 0 spiro atoms. The van der Waals surface area contributed by atoms with Gasteiger partial charge in [0.1, 0.15) is 5.82 Å². The summed E-state index contributed by atoms with van der Waals surface area (Å²) in [4.78, 5) is 11.6. The first-order valence-corrected chi connectivity index (χ1v) is 6.21. The van der Waals surface area contributed by atoms with Gasteiger partial charge in [-0.2, -0.15) is 13.2 Å². The van der Waals surface area contributed by atoms with Crippen LogP contribution in [0.5, 0.6) is 0 Å². The highest BCUT2D eigenvalue weighted by Gasteiger charge is 2.31. The van der Waals surface area contributed by atoms with Gasteiger partial charge in [-0.05, 0) is 37.6 Å². The molecule has 0 aliphatic heterocycles. The zero-order chi connectivity index (χ0) is 15.2. The van der Waals surface area contributed by atoms with Crippen LogP contribution in [0.15, 0.2) is 18.2 Å². The Morgan fingerprint density at radius 1 is 1.20 bits per heavy atom. The average Bonchev–Trinajstić information content (AvgIpc) is 2.37. The van der Waals surface area contributed by atoms with E-state index in [2.05, 4.69) is 5.32 Å². The molecule has 0 bridgehead atoms. The molecule has 0 radical (unpaired) electrons. The van der Waals surface area contributed by atoms with E-state index in [9.17, 15) is 22.4 Å². The summed E-state index contributed by atoms with van der Waals surface area (Å²) in [7, 11) is 0. The van der Waals surface area contributed by atoms with Crippen molar-refractivity contribution >= 4 is 5.91 Å². The molecule has 3 nitrogen and oxygen atoms in total. The Morgan fingerprint density at radius 3 is 2.50 bits per heavy atom. The number of benzene rings is 1. The van der Waals surface area contributed by atoms with Crippen LogP contribution in [-0.4, -0.2) is 19.0 Å². The summed E-state index contributed by atoms with van der Waals surface area (Å²) in [6, 6.07) is 1.77. The molecule has 7 heteroatoms. The molecule has 0 unspecified atom stereocenters. The van der Waals surface area contributed by atoms with Gasteiger partial charge in [0.15, 0.2) is 0 Å². The largest absolute Gasteiger partial charge is 0.416 e. The molecule has 112 valence electrons. The van der Waals surface area contributed by atoms with Crippen molar-refractivity contribution in [3.05, 3.63) is 35.1 Å². The lowest BCUT2D eigenvalue weighted by Gasteiger charge is -2.10.